The fraction of sp³-hybridized carbons (Fsp3) is 0.389. The van der Waals surface area contributed by atoms with E-state index >= 15 is 0 Å². The van der Waals surface area contributed by atoms with Crippen molar-refractivity contribution < 1.29 is 13.2 Å². The van der Waals surface area contributed by atoms with Crippen molar-refractivity contribution in [2.24, 2.45) is 0 Å². The summed E-state index contributed by atoms with van der Waals surface area (Å²) in [5.74, 6) is 0.956. The van der Waals surface area contributed by atoms with Crippen LogP contribution in [0.4, 0.5) is 13.2 Å². The van der Waals surface area contributed by atoms with Gasteiger partial charge in [-0.05, 0) is 55.0 Å². The predicted octanol–water partition coefficient (Wildman–Crippen LogP) is 6.43. The van der Waals surface area contributed by atoms with E-state index in [-0.39, 0.29) is 5.56 Å². The molecule has 0 aliphatic carbocycles. The Hall–Kier alpha value is -1.27. The third kappa shape index (κ3) is 4.63. The summed E-state index contributed by atoms with van der Waals surface area (Å²) in [6.45, 7) is 5.06. The molecule has 2 aromatic rings. The van der Waals surface area contributed by atoms with Crippen molar-refractivity contribution in [1.29, 1.82) is 0 Å². The van der Waals surface area contributed by atoms with Crippen LogP contribution in [0.1, 0.15) is 36.8 Å². The Labute approximate surface area is 147 Å². The molecule has 1 aromatic heterocycles. The van der Waals surface area contributed by atoms with Gasteiger partial charge in [0.25, 0.3) is 0 Å². The van der Waals surface area contributed by atoms with E-state index < -0.39 is 16.5 Å². The van der Waals surface area contributed by atoms with Crippen LogP contribution < -0.4 is 4.74 Å². The Bertz CT molecular complexity index is 778. The van der Waals surface area contributed by atoms with Crippen molar-refractivity contribution >= 4 is 33.2 Å². The lowest BCUT2D eigenvalue weighted by molar-refractivity contribution is -0.138. The molecule has 0 atom stereocenters. The highest BCUT2D eigenvalue weighted by molar-refractivity contribution is 7.99. The molecule has 2 rings (SSSR count). The molecule has 0 saturated carbocycles. The Morgan fingerprint density at radius 2 is 2.00 bits per heavy atom. The average Bonchev–Trinajstić information content (AvgIpc) is 2.49. The lowest BCUT2D eigenvalue weighted by atomic mass is 10.1. The highest BCUT2D eigenvalue weighted by atomic mass is 32.2. The first-order valence-electron chi connectivity index (χ1n) is 7.73. The lowest BCUT2D eigenvalue weighted by Crippen LogP contribution is -2.18. The van der Waals surface area contributed by atoms with Gasteiger partial charge in [-0.25, -0.2) is 0 Å². The zero-order valence-electron chi connectivity index (χ0n) is 13.4. The summed E-state index contributed by atoms with van der Waals surface area (Å²) in [6, 6.07) is 5.35. The van der Waals surface area contributed by atoms with Crippen molar-refractivity contribution in [2.45, 2.75) is 43.7 Å². The first kappa shape index (κ1) is 19.1. The fourth-order valence-corrected chi connectivity index (χ4v) is 4.62. The lowest BCUT2D eigenvalue weighted by Gasteiger charge is -2.11. The topological polar surface area (TPSA) is 17.1 Å². The molecule has 0 spiro atoms. The van der Waals surface area contributed by atoms with Gasteiger partial charge in [-0.15, -0.1) is 18.3 Å². The molecule has 24 heavy (non-hydrogen) atoms. The first-order chi connectivity index (χ1) is 11.3. The number of hydrogen-bond acceptors (Lipinski definition) is 3. The van der Waals surface area contributed by atoms with Crippen LogP contribution in [-0.4, -0.2) is 5.75 Å². The summed E-state index contributed by atoms with van der Waals surface area (Å²) >= 11 is 2.35. The summed E-state index contributed by atoms with van der Waals surface area (Å²) in [5.41, 5.74) is -1.02. The van der Waals surface area contributed by atoms with Gasteiger partial charge < -0.3 is 0 Å². The molecule has 0 radical (unpaired) electrons. The Balaban J connectivity index is 2.17. The molecular formula is C18H19F3OS2. The largest absolute Gasteiger partial charge is 0.421 e. The van der Waals surface area contributed by atoms with Gasteiger partial charge >= 0.3 is 6.18 Å². The van der Waals surface area contributed by atoms with E-state index in [1.807, 2.05) is 18.2 Å². The summed E-state index contributed by atoms with van der Waals surface area (Å²) in [4.78, 5) is 12.8. The third-order valence-electron chi connectivity index (χ3n) is 3.74. The number of hydrogen-bond donors (Lipinski definition) is 0. The van der Waals surface area contributed by atoms with Gasteiger partial charge in [-0.2, -0.15) is 13.2 Å². The monoisotopic (exact) mass is 372 g/mol. The molecule has 1 heterocycles. The molecular weight excluding hydrogens is 353 g/mol. The van der Waals surface area contributed by atoms with E-state index in [1.165, 1.54) is 6.92 Å². The van der Waals surface area contributed by atoms with Gasteiger partial charge in [0.05, 0.1) is 0 Å². The number of alkyl halides is 3. The number of halogens is 3. The minimum Gasteiger partial charge on any atom is -0.277 e. The van der Waals surface area contributed by atoms with Crippen molar-refractivity contribution in [3.63, 3.8) is 0 Å². The van der Waals surface area contributed by atoms with E-state index in [0.717, 1.165) is 36.3 Å². The number of aryl methyl sites for hydroxylation is 1. The molecule has 0 unspecified atom stereocenters. The van der Waals surface area contributed by atoms with Crippen molar-refractivity contribution in [3.8, 4) is 0 Å². The van der Waals surface area contributed by atoms with Gasteiger partial charge in [-0.3, -0.25) is 4.79 Å². The third-order valence-corrected chi connectivity index (χ3v) is 5.77. The molecule has 1 nitrogen and oxygen atoms in total. The number of fused-ring (bicyclic) bond motifs is 1. The highest BCUT2D eigenvalue weighted by Gasteiger charge is 2.36. The SMILES string of the molecule is C=CCCCCCSc1ccc2c(C)c(C(F)(F)F)c(=O)sc2c1. The summed E-state index contributed by atoms with van der Waals surface area (Å²) < 4.78 is 38.7. The van der Waals surface area contributed by atoms with Crippen LogP contribution in [0, 0.1) is 6.92 Å². The van der Waals surface area contributed by atoms with Crippen LogP contribution >= 0.6 is 23.1 Å². The molecule has 0 aliphatic heterocycles. The van der Waals surface area contributed by atoms with Crippen molar-refractivity contribution in [1.82, 2.24) is 0 Å². The van der Waals surface area contributed by atoms with Crippen LogP contribution in [0.2, 0.25) is 0 Å². The highest BCUT2D eigenvalue weighted by Crippen LogP contribution is 2.35. The minimum absolute atomic E-state index is 0.0159. The maximum atomic E-state index is 13.0. The second-order valence-electron chi connectivity index (χ2n) is 5.53. The van der Waals surface area contributed by atoms with Gasteiger partial charge in [0.15, 0.2) is 0 Å². The number of benzene rings is 1. The predicted molar refractivity (Wildman–Crippen MR) is 97.2 cm³/mol. The summed E-state index contributed by atoms with van der Waals surface area (Å²) in [7, 11) is 0. The zero-order valence-corrected chi connectivity index (χ0v) is 15.0. The van der Waals surface area contributed by atoms with Gasteiger partial charge in [0, 0.05) is 9.60 Å². The van der Waals surface area contributed by atoms with E-state index in [4.69, 9.17) is 0 Å². The van der Waals surface area contributed by atoms with Crippen LogP contribution in [0.15, 0.2) is 40.5 Å². The molecule has 130 valence electrons. The Kier molecular flexibility index (Phi) is 6.52. The quantitative estimate of drug-likeness (QED) is 0.317. The minimum atomic E-state index is -4.61. The van der Waals surface area contributed by atoms with Crippen LogP contribution in [0.3, 0.4) is 0 Å². The van der Waals surface area contributed by atoms with Crippen LogP contribution in [0.25, 0.3) is 10.1 Å². The zero-order chi connectivity index (χ0) is 17.7. The van der Waals surface area contributed by atoms with E-state index in [9.17, 15) is 18.0 Å². The van der Waals surface area contributed by atoms with Crippen LogP contribution in [-0.2, 0) is 6.18 Å². The number of rotatable bonds is 7. The molecule has 6 heteroatoms. The van der Waals surface area contributed by atoms with E-state index in [0.29, 0.717) is 21.4 Å². The molecule has 1 aromatic carbocycles. The van der Waals surface area contributed by atoms with Crippen LogP contribution in [0.5, 0.6) is 0 Å². The van der Waals surface area contributed by atoms with E-state index in [2.05, 4.69) is 6.58 Å². The molecule has 0 saturated heterocycles. The first-order valence-corrected chi connectivity index (χ1v) is 9.53. The maximum Gasteiger partial charge on any atom is 0.421 e. The Morgan fingerprint density at radius 3 is 2.67 bits per heavy atom. The second kappa shape index (κ2) is 8.21. The Morgan fingerprint density at radius 1 is 1.25 bits per heavy atom. The molecule has 0 bridgehead atoms. The van der Waals surface area contributed by atoms with Crippen molar-refractivity contribution in [3.05, 3.63) is 51.5 Å². The number of thioether (sulfide) groups is 1. The molecule has 0 amide bonds. The van der Waals surface area contributed by atoms with Gasteiger partial charge in [0.1, 0.15) is 5.56 Å². The second-order valence-corrected chi connectivity index (χ2v) is 7.71. The molecule has 0 aliphatic rings. The molecule has 0 N–H and O–H groups in total. The maximum absolute atomic E-state index is 13.0. The normalized spacial score (nSPS) is 11.8. The number of allylic oxidation sites excluding steroid dienone is 1. The fourth-order valence-electron chi connectivity index (χ4n) is 2.51. The summed E-state index contributed by atoms with van der Waals surface area (Å²) in [5, 5.41) is 0.502. The van der Waals surface area contributed by atoms with E-state index in [1.54, 1.807) is 17.8 Å². The smallest absolute Gasteiger partial charge is 0.277 e. The summed E-state index contributed by atoms with van der Waals surface area (Å²) in [6.07, 6.45) is 1.67. The van der Waals surface area contributed by atoms with Gasteiger partial charge in [0.2, 0.25) is 4.74 Å². The molecule has 0 fully saturated rings. The number of unbranched alkanes of at least 4 members (excludes halogenated alkanes) is 3. The van der Waals surface area contributed by atoms with Gasteiger partial charge in [-0.1, -0.05) is 29.9 Å². The standard InChI is InChI=1S/C18H19F3OS2/c1-3-4-5-6-7-10-23-13-8-9-14-12(2)16(18(19,20)21)17(22)24-15(14)11-13/h3,8-9,11H,1,4-7,10H2,2H3. The average molecular weight is 372 g/mol. The van der Waals surface area contributed by atoms with Crippen molar-refractivity contribution in [2.75, 3.05) is 5.75 Å².